The first-order valence-electron chi connectivity index (χ1n) is 7.43. The highest BCUT2D eigenvalue weighted by molar-refractivity contribution is 7.80. The van der Waals surface area contributed by atoms with E-state index in [4.69, 9.17) is 12.2 Å². The van der Waals surface area contributed by atoms with Crippen molar-refractivity contribution in [2.75, 3.05) is 26.0 Å². The van der Waals surface area contributed by atoms with Crippen molar-refractivity contribution >= 4 is 34.4 Å². The Morgan fingerprint density at radius 3 is 2.50 bits per heavy atom. The van der Waals surface area contributed by atoms with Crippen molar-refractivity contribution in [2.24, 2.45) is 0 Å². The first kappa shape index (κ1) is 16.9. The molecule has 0 amide bonds. The second-order valence-electron chi connectivity index (χ2n) is 5.38. The molecule has 3 nitrogen and oxygen atoms in total. The molecule has 0 aliphatic carbocycles. The van der Waals surface area contributed by atoms with Gasteiger partial charge in [0.25, 0.3) is 0 Å². The van der Waals surface area contributed by atoms with E-state index in [0.717, 1.165) is 18.7 Å². The standard InChI is InChI=1S/C17H23N3S2/c1-4-13-7-9-14(10-8-13)19-17(21)18-12-15(20(2)3)16-6-5-11-22-16/h5-11,15H,4,12H2,1-3H3,(H2,18,19,21). The molecule has 0 fully saturated rings. The van der Waals surface area contributed by atoms with Crippen LogP contribution in [0.15, 0.2) is 41.8 Å². The summed E-state index contributed by atoms with van der Waals surface area (Å²) in [4.78, 5) is 3.55. The zero-order valence-electron chi connectivity index (χ0n) is 13.3. The van der Waals surface area contributed by atoms with Gasteiger partial charge in [-0.3, -0.25) is 0 Å². The highest BCUT2D eigenvalue weighted by atomic mass is 32.1. The Morgan fingerprint density at radius 1 is 1.23 bits per heavy atom. The fourth-order valence-corrected chi connectivity index (χ4v) is 3.33. The molecule has 22 heavy (non-hydrogen) atoms. The first-order chi connectivity index (χ1) is 10.6. The number of thiocarbonyl (C=S) groups is 1. The maximum absolute atomic E-state index is 5.39. The second kappa shape index (κ2) is 8.27. The average molecular weight is 334 g/mol. The van der Waals surface area contributed by atoms with Gasteiger partial charge in [-0.15, -0.1) is 11.3 Å². The Bertz CT molecular complexity index is 576. The van der Waals surface area contributed by atoms with Crippen LogP contribution in [0.5, 0.6) is 0 Å². The number of thiophene rings is 1. The first-order valence-corrected chi connectivity index (χ1v) is 8.72. The van der Waals surface area contributed by atoms with E-state index in [0.29, 0.717) is 11.2 Å². The summed E-state index contributed by atoms with van der Waals surface area (Å²) >= 11 is 7.17. The number of benzene rings is 1. The Hall–Kier alpha value is -1.43. The normalized spacial score (nSPS) is 12.2. The van der Waals surface area contributed by atoms with Crippen LogP contribution in [-0.4, -0.2) is 30.7 Å². The minimum absolute atomic E-state index is 0.321. The van der Waals surface area contributed by atoms with E-state index in [1.54, 1.807) is 11.3 Å². The summed E-state index contributed by atoms with van der Waals surface area (Å²) in [5.41, 5.74) is 2.35. The van der Waals surface area contributed by atoms with E-state index in [-0.39, 0.29) is 0 Å². The molecule has 0 aliphatic heterocycles. The molecule has 118 valence electrons. The maximum Gasteiger partial charge on any atom is 0.170 e. The van der Waals surface area contributed by atoms with E-state index >= 15 is 0 Å². The van der Waals surface area contributed by atoms with Crippen molar-refractivity contribution in [3.63, 3.8) is 0 Å². The van der Waals surface area contributed by atoms with Crippen LogP contribution in [0.25, 0.3) is 0 Å². The van der Waals surface area contributed by atoms with Crippen molar-refractivity contribution in [3.05, 3.63) is 52.2 Å². The van der Waals surface area contributed by atoms with Gasteiger partial charge in [-0.05, 0) is 61.9 Å². The van der Waals surface area contributed by atoms with Crippen LogP contribution in [-0.2, 0) is 6.42 Å². The number of anilines is 1. The molecule has 1 heterocycles. The van der Waals surface area contributed by atoms with Crippen molar-refractivity contribution in [1.29, 1.82) is 0 Å². The van der Waals surface area contributed by atoms with E-state index in [9.17, 15) is 0 Å². The number of rotatable bonds is 6. The van der Waals surface area contributed by atoms with Crippen LogP contribution in [0.2, 0.25) is 0 Å². The third-order valence-electron chi connectivity index (χ3n) is 3.57. The zero-order chi connectivity index (χ0) is 15.9. The van der Waals surface area contributed by atoms with E-state index in [1.165, 1.54) is 10.4 Å². The number of hydrogen-bond acceptors (Lipinski definition) is 3. The molecule has 2 rings (SSSR count). The maximum atomic E-state index is 5.39. The number of likely N-dealkylation sites (N-methyl/N-ethyl adjacent to an activating group) is 1. The van der Waals surface area contributed by atoms with Crippen LogP contribution in [0.1, 0.15) is 23.4 Å². The molecule has 5 heteroatoms. The van der Waals surface area contributed by atoms with Gasteiger partial charge in [-0.2, -0.15) is 0 Å². The van der Waals surface area contributed by atoms with E-state index in [2.05, 4.69) is 78.3 Å². The van der Waals surface area contributed by atoms with Gasteiger partial charge in [0, 0.05) is 17.1 Å². The van der Waals surface area contributed by atoms with Crippen LogP contribution < -0.4 is 10.6 Å². The molecule has 1 atom stereocenters. The summed E-state index contributed by atoms with van der Waals surface area (Å²) < 4.78 is 0. The van der Waals surface area contributed by atoms with Crippen LogP contribution in [0.3, 0.4) is 0 Å². The highest BCUT2D eigenvalue weighted by Gasteiger charge is 2.15. The minimum Gasteiger partial charge on any atom is -0.360 e. The predicted molar refractivity (Wildman–Crippen MR) is 101 cm³/mol. The topological polar surface area (TPSA) is 27.3 Å². The summed E-state index contributed by atoms with van der Waals surface area (Å²) in [6.07, 6.45) is 1.05. The fourth-order valence-electron chi connectivity index (χ4n) is 2.21. The van der Waals surface area contributed by atoms with Gasteiger partial charge in [0.2, 0.25) is 0 Å². The number of hydrogen-bond donors (Lipinski definition) is 2. The molecule has 1 aromatic heterocycles. The molecule has 2 aromatic rings. The smallest absolute Gasteiger partial charge is 0.170 e. The molecular weight excluding hydrogens is 310 g/mol. The largest absolute Gasteiger partial charge is 0.360 e. The lowest BCUT2D eigenvalue weighted by molar-refractivity contribution is 0.303. The summed E-state index contributed by atoms with van der Waals surface area (Å²) in [6.45, 7) is 2.94. The zero-order valence-corrected chi connectivity index (χ0v) is 14.9. The van der Waals surface area contributed by atoms with Gasteiger partial charge >= 0.3 is 0 Å². The molecule has 2 N–H and O–H groups in total. The fraction of sp³-hybridized carbons (Fsp3) is 0.353. The molecule has 0 saturated heterocycles. The van der Waals surface area contributed by atoms with Crippen LogP contribution in [0, 0.1) is 0 Å². The quantitative estimate of drug-likeness (QED) is 0.784. The van der Waals surface area contributed by atoms with Crippen LogP contribution in [0.4, 0.5) is 5.69 Å². The Morgan fingerprint density at radius 2 is 1.95 bits per heavy atom. The molecule has 0 radical (unpaired) electrons. The van der Waals surface area contributed by atoms with Crippen molar-refractivity contribution < 1.29 is 0 Å². The summed E-state index contributed by atoms with van der Waals surface area (Å²) in [5.74, 6) is 0. The summed E-state index contributed by atoms with van der Waals surface area (Å²) in [7, 11) is 4.18. The molecule has 1 aromatic carbocycles. The lowest BCUT2D eigenvalue weighted by Crippen LogP contribution is -2.36. The van der Waals surface area contributed by atoms with Gasteiger partial charge in [0.1, 0.15) is 0 Å². The average Bonchev–Trinajstić information content (AvgIpc) is 3.02. The van der Waals surface area contributed by atoms with Gasteiger partial charge in [0.15, 0.2) is 5.11 Å². The molecular formula is C17H23N3S2. The molecule has 0 saturated carbocycles. The number of aryl methyl sites for hydroxylation is 1. The molecule has 0 aliphatic rings. The predicted octanol–water partition coefficient (Wildman–Crippen LogP) is 3.90. The second-order valence-corrected chi connectivity index (χ2v) is 6.77. The van der Waals surface area contributed by atoms with Gasteiger partial charge in [-0.25, -0.2) is 0 Å². The Labute approximate surface area is 142 Å². The summed E-state index contributed by atoms with van der Waals surface area (Å²) in [5, 5.41) is 9.32. The summed E-state index contributed by atoms with van der Waals surface area (Å²) in [6, 6.07) is 12.9. The third-order valence-corrected chi connectivity index (χ3v) is 4.79. The van der Waals surface area contributed by atoms with Crippen LogP contribution >= 0.6 is 23.6 Å². The third kappa shape index (κ3) is 4.80. The minimum atomic E-state index is 0.321. The van der Waals surface area contributed by atoms with Gasteiger partial charge < -0.3 is 15.5 Å². The van der Waals surface area contributed by atoms with Gasteiger partial charge in [0.05, 0.1) is 6.04 Å². The number of nitrogens with one attached hydrogen (secondary N) is 2. The monoisotopic (exact) mass is 333 g/mol. The van der Waals surface area contributed by atoms with Crippen molar-refractivity contribution in [1.82, 2.24) is 10.2 Å². The van der Waals surface area contributed by atoms with E-state index < -0.39 is 0 Å². The lowest BCUT2D eigenvalue weighted by atomic mass is 10.1. The Kier molecular flexibility index (Phi) is 6.36. The van der Waals surface area contributed by atoms with Crippen molar-refractivity contribution in [3.8, 4) is 0 Å². The Balaban J connectivity index is 1.88. The SMILES string of the molecule is CCc1ccc(NC(=S)NCC(c2cccs2)N(C)C)cc1. The highest BCUT2D eigenvalue weighted by Crippen LogP contribution is 2.22. The molecule has 1 unspecified atom stereocenters. The van der Waals surface area contributed by atoms with Crippen molar-refractivity contribution in [2.45, 2.75) is 19.4 Å². The number of nitrogens with zero attached hydrogens (tertiary/aromatic N) is 1. The van der Waals surface area contributed by atoms with Gasteiger partial charge in [-0.1, -0.05) is 25.1 Å². The lowest BCUT2D eigenvalue weighted by Gasteiger charge is -2.24. The molecule has 0 spiro atoms. The molecule has 0 bridgehead atoms. The van der Waals surface area contributed by atoms with E-state index in [1.807, 2.05) is 0 Å².